The summed E-state index contributed by atoms with van der Waals surface area (Å²) in [6.45, 7) is 6.23. The molecule has 0 aromatic heterocycles. The van der Waals surface area contributed by atoms with Gasteiger partial charge in [0.2, 0.25) is 0 Å². The number of carbonyl (C=O) groups excluding carboxylic acids is 2. The third-order valence-corrected chi connectivity index (χ3v) is 3.86. The molecule has 0 bridgehead atoms. The Morgan fingerprint density at radius 1 is 1.17 bits per heavy atom. The van der Waals surface area contributed by atoms with Crippen molar-refractivity contribution in [2.24, 2.45) is 11.8 Å². The van der Waals surface area contributed by atoms with Crippen LogP contribution in [0.3, 0.4) is 0 Å². The molecule has 1 fully saturated rings. The summed E-state index contributed by atoms with van der Waals surface area (Å²) < 4.78 is 10.3. The summed E-state index contributed by atoms with van der Waals surface area (Å²) in [7, 11) is 1.37. The fourth-order valence-corrected chi connectivity index (χ4v) is 2.70. The number of hydrogen-bond donors (Lipinski definition) is 0. The molecule has 1 aliphatic heterocycles. The minimum Gasteiger partial charge on any atom is -0.469 e. The van der Waals surface area contributed by atoms with E-state index in [4.69, 9.17) is 9.47 Å². The number of ether oxygens (including phenoxy) is 2. The minimum absolute atomic E-state index is 0.0924. The van der Waals surface area contributed by atoms with Gasteiger partial charge in [-0.1, -0.05) is 42.5 Å². The van der Waals surface area contributed by atoms with Crippen LogP contribution in [0.15, 0.2) is 36.4 Å². The molecular weight excluding hydrogens is 306 g/mol. The highest BCUT2D eigenvalue weighted by atomic mass is 16.6. The van der Waals surface area contributed by atoms with E-state index in [1.54, 1.807) is 4.90 Å². The molecule has 1 heterocycles. The summed E-state index contributed by atoms with van der Waals surface area (Å²) >= 11 is 0. The van der Waals surface area contributed by atoms with Crippen molar-refractivity contribution in [1.29, 1.82) is 0 Å². The largest absolute Gasteiger partial charge is 0.469 e. The SMILES string of the molecule is COC(=O)[C@H]1CN(C(=O)OC(C)(C)C)C[C@@H]1/C=C/c1ccccc1. The smallest absolute Gasteiger partial charge is 0.410 e. The van der Waals surface area contributed by atoms with Crippen LogP contribution in [0.25, 0.3) is 6.08 Å². The topological polar surface area (TPSA) is 55.8 Å². The van der Waals surface area contributed by atoms with Crippen LogP contribution in [0.4, 0.5) is 4.79 Å². The molecule has 0 unspecified atom stereocenters. The van der Waals surface area contributed by atoms with Crippen molar-refractivity contribution in [3.05, 3.63) is 42.0 Å². The van der Waals surface area contributed by atoms with Crippen molar-refractivity contribution >= 4 is 18.1 Å². The van der Waals surface area contributed by atoms with Gasteiger partial charge in [-0.25, -0.2) is 4.79 Å². The number of likely N-dealkylation sites (tertiary alicyclic amines) is 1. The van der Waals surface area contributed by atoms with E-state index in [1.807, 2.05) is 63.3 Å². The number of rotatable bonds is 3. The quantitative estimate of drug-likeness (QED) is 0.797. The Morgan fingerprint density at radius 3 is 2.42 bits per heavy atom. The first-order valence-corrected chi connectivity index (χ1v) is 8.09. The van der Waals surface area contributed by atoms with Gasteiger partial charge in [-0.15, -0.1) is 0 Å². The van der Waals surface area contributed by atoms with Crippen LogP contribution in [0.1, 0.15) is 26.3 Å². The van der Waals surface area contributed by atoms with Crippen molar-refractivity contribution in [1.82, 2.24) is 4.90 Å². The maximum Gasteiger partial charge on any atom is 0.410 e. The standard InChI is InChI=1S/C19H25NO4/c1-19(2,3)24-18(22)20-12-15(16(13-20)17(21)23-4)11-10-14-8-6-5-7-9-14/h5-11,15-16H,12-13H2,1-4H3/b11-10+/t15-,16-/m0/s1. The highest BCUT2D eigenvalue weighted by Gasteiger charge is 2.40. The van der Waals surface area contributed by atoms with Crippen molar-refractivity contribution in [3.63, 3.8) is 0 Å². The molecule has 130 valence electrons. The Labute approximate surface area is 143 Å². The van der Waals surface area contributed by atoms with Crippen molar-refractivity contribution in [3.8, 4) is 0 Å². The van der Waals surface area contributed by atoms with Gasteiger partial charge in [0.1, 0.15) is 5.60 Å². The summed E-state index contributed by atoms with van der Waals surface area (Å²) in [4.78, 5) is 25.9. The number of hydrogen-bond acceptors (Lipinski definition) is 4. The summed E-state index contributed by atoms with van der Waals surface area (Å²) in [6, 6.07) is 9.85. The predicted molar refractivity (Wildman–Crippen MR) is 92.3 cm³/mol. The van der Waals surface area contributed by atoms with Crippen LogP contribution in [0.2, 0.25) is 0 Å². The maximum absolute atomic E-state index is 12.3. The summed E-state index contributed by atoms with van der Waals surface area (Å²) in [5.41, 5.74) is 0.493. The highest BCUT2D eigenvalue weighted by Crippen LogP contribution is 2.28. The lowest BCUT2D eigenvalue weighted by atomic mass is 9.95. The molecule has 5 nitrogen and oxygen atoms in total. The third kappa shape index (κ3) is 4.85. The lowest BCUT2D eigenvalue weighted by Crippen LogP contribution is -2.36. The number of methoxy groups -OCH3 is 1. The Bertz CT molecular complexity index is 604. The van der Waals surface area contributed by atoms with Gasteiger partial charge in [0.05, 0.1) is 13.0 Å². The van der Waals surface area contributed by atoms with Gasteiger partial charge >= 0.3 is 12.1 Å². The Hall–Kier alpha value is -2.30. The second-order valence-electron chi connectivity index (χ2n) is 6.95. The monoisotopic (exact) mass is 331 g/mol. The summed E-state index contributed by atoms with van der Waals surface area (Å²) in [5.74, 6) is -0.767. The van der Waals surface area contributed by atoms with Crippen LogP contribution >= 0.6 is 0 Å². The van der Waals surface area contributed by atoms with Gasteiger partial charge in [-0.2, -0.15) is 0 Å². The molecule has 0 spiro atoms. The molecule has 1 aromatic carbocycles. The Kier molecular flexibility index (Phi) is 5.65. The predicted octanol–water partition coefficient (Wildman–Crippen LogP) is 3.36. The van der Waals surface area contributed by atoms with Crippen molar-refractivity contribution < 1.29 is 19.1 Å². The van der Waals surface area contributed by atoms with E-state index in [2.05, 4.69) is 0 Å². The number of nitrogens with zero attached hydrogens (tertiary/aromatic N) is 1. The van der Waals surface area contributed by atoms with Gasteiger partial charge in [-0.05, 0) is 26.3 Å². The second-order valence-corrected chi connectivity index (χ2v) is 6.95. The van der Waals surface area contributed by atoms with E-state index in [1.165, 1.54) is 7.11 Å². The fourth-order valence-electron chi connectivity index (χ4n) is 2.70. The van der Waals surface area contributed by atoms with Gasteiger partial charge in [0.25, 0.3) is 0 Å². The van der Waals surface area contributed by atoms with Crippen molar-refractivity contribution in [2.75, 3.05) is 20.2 Å². The average Bonchev–Trinajstić information content (AvgIpc) is 2.96. The lowest BCUT2D eigenvalue weighted by molar-refractivity contribution is -0.145. The lowest BCUT2D eigenvalue weighted by Gasteiger charge is -2.24. The molecule has 2 atom stereocenters. The molecule has 1 saturated heterocycles. The van der Waals surface area contributed by atoms with E-state index in [9.17, 15) is 9.59 Å². The van der Waals surface area contributed by atoms with Crippen LogP contribution in [-0.2, 0) is 14.3 Å². The van der Waals surface area contributed by atoms with E-state index in [0.29, 0.717) is 13.1 Å². The van der Waals surface area contributed by atoms with E-state index >= 15 is 0 Å². The maximum atomic E-state index is 12.3. The fraction of sp³-hybridized carbons (Fsp3) is 0.474. The number of esters is 1. The Balaban J connectivity index is 2.11. The summed E-state index contributed by atoms with van der Waals surface area (Å²) in [6.07, 6.45) is 3.55. The zero-order valence-electron chi connectivity index (χ0n) is 14.7. The molecule has 0 radical (unpaired) electrons. The number of amides is 1. The van der Waals surface area contributed by atoms with E-state index in [0.717, 1.165) is 5.56 Å². The van der Waals surface area contributed by atoms with Gasteiger partial charge < -0.3 is 14.4 Å². The average molecular weight is 331 g/mol. The molecule has 1 aliphatic rings. The van der Waals surface area contributed by atoms with Crippen LogP contribution in [0, 0.1) is 11.8 Å². The summed E-state index contributed by atoms with van der Waals surface area (Å²) in [5, 5.41) is 0. The third-order valence-electron chi connectivity index (χ3n) is 3.86. The Morgan fingerprint density at radius 2 is 1.83 bits per heavy atom. The van der Waals surface area contributed by atoms with Crippen LogP contribution in [-0.4, -0.2) is 42.8 Å². The first kappa shape index (κ1) is 18.0. The van der Waals surface area contributed by atoms with Gasteiger partial charge in [0.15, 0.2) is 0 Å². The van der Waals surface area contributed by atoms with E-state index in [-0.39, 0.29) is 17.8 Å². The van der Waals surface area contributed by atoms with Crippen molar-refractivity contribution in [2.45, 2.75) is 26.4 Å². The first-order valence-electron chi connectivity index (χ1n) is 8.09. The zero-order valence-corrected chi connectivity index (χ0v) is 14.7. The normalized spacial score (nSPS) is 21.1. The molecule has 5 heteroatoms. The van der Waals surface area contributed by atoms with Crippen LogP contribution in [0.5, 0.6) is 0 Å². The highest BCUT2D eigenvalue weighted by molar-refractivity contribution is 5.76. The molecule has 2 rings (SSSR count). The molecule has 1 amide bonds. The number of carbonyl (C=O) groups is 2. The molecule has 0 aliphatic carbocycles. The minimum atomic E-state index is -0.560. The molecule has 24 heavy (non-hydrogen) atoms. The molecule has 0 saturated carbocycles. The molecular formula is C19H25NO4. The molecule has 1 aromatic rings. The van der Waals surface area contributed by atoms with Gasteiger partial charge in [-0.3, -0.25) is 4.79 Å². The second kappa shape index (κ2) is 7.51. The van der Waals surface area contributed by atoms with E-state index < -0.39 is 11.7 Å². The first-order chi connectivity index (χ1) is 11.3. The number of benzene rings is 1. The zero-order chi connectivity index (χ0) is 17.7. The molecule has 0 N–H and O–H groups in total. The van der Waals surface area contributed by atoms with Crippen LogP contribution < -0.4 is 0 Å². The van der Waals surface area contributed by atoms with Gasteiger partial charge in [0, 0.05) is 19.0 Å².